The lowest BCUT2D eigenvalue weighted by Crippen LogP contribution is -2.22. The van der Waals surface area contributed by atoms with Gasteiger partial charge in [-0.15, -0.1) is 0 Å². The Hall–Kier alpha value is -4.81. The van der Waals surface area contributed by atoms with Crippen LogP contribution in [0.15, 0.2) is 103 Å². The molecule has 6 aromatic rings. The maximum atomic E-state index is 12.7. The minimum atomic E-state index is -0.329. The summed E-state index contributed by atoms with van der Waals surface area (Å²) in [5.41, 5.74) is 8.18. The van der Waals surface area contributed by atoms with E-state index in [0.717, 1.165) is 34.3 Å². The number of hydrogen-bond acceptors (Lipinski definition) is 3. The molecule has 7 rings (SSSR count). The second-order valence-electron chi connectivity index (χ2n) is 10.2. The third-order valence-corrected chi connectivity index (χ3v) is 7.65. The van der Waals surface area contributed by atoms with E-state index < -0.39 is 0 Å². The first-order valence-corrected chi connectivity index (χ1v) is 13.2. The molecule has 0 bridgehead atoms. The molecule has 0 unspecified atom stereocenters. The summed E-state index contributed by atoms with van der Waals surface area (Å²) < 4.78 is 2.29. The molecule has 3 heterocycles. The van der Waals surface area contributed by atoms with E-state index in [2.05, 4.69) is 87.0 Å². The van der Waals surface area contributed by atoms with Crippen LogP contribution >= 0.6 is 0 Å². The fourth-order valence-corrected chi connectivity index (χ4v) is 5.79. The molecule has 39 heavy (non-hydrogen) atoms. The second kappa shape index (κ2) is 9.49. The van der Waals surface area contributed by atoms with E-state index in [-0.39, 0.29) is 17.7 Å². The zero-order chi connectivity index (χ0) is 26.3. The topological polar surface area (TPSA) is 82.1 Å². The molecule has 0 fully saturated rings. The van der Waals surface area contributed by atoms with Gasteiger partial charge in [0.1, 0.15) is 5.75 Å². The number of phenolic OH excluding ortho intramolecular Hbond substituents is 1. The number of rotatable bonds is 7. The van der Waals surface area contributed by atoms with Gasteiger partial charge in [0.2, 0.25) is 0 Å². The standard InChI is InChI=1S/C33H28N4O2/c38-24-12-13-25-27(17-24)32(36-33(25)39)31-26-8-4-5-9-28(26)35-29(31)19-34-18-22-10-11-23-14-15-37(30(23)16-22)20-21-6-2-1-3-7-21/h1-17,32,34-35,38H,18-20H2,(H,36,39)/t32-/m1/s1. The van der Waals surface area contributed by atoms with Crippen molar-refractivity contribution in [3.63, 3.8) is 0 Å². The van der Waals surface area contributed by atoms with Gasteiger partial charge < -0.3 is 25.3 Å². The van der Waals surface area contributed by atoms with Crippen molar-refractivity contribution in [2.24, 2.45) is 0 Å². The van der Waals surface area contributed by atoms with E-state index in [1.165, 1.54) is 22.0 Å². The molecule has 0 saturated heterocycles. The van der Waals surface area contributed by atoms with Gasteiger partial charge in [-0.25, -0.2) is 0 Å². The molecule has 4 N–H and O–H groups in total. The van der Waals surface area contributed by atoms with Crippen molar-refractivity contribution in [3.05, 3.63) is 137 Å². The summed E-state index contributed by atoms with van der Waals surface area (Å²) in [6, 6.07) is 32.0. The van der Waals surface area contributed by atoms with Gasteiger partial charge in [0.25, 0.3) is 5.91 Å². The van der Waals surface area contributed by atoms with Crippen molar-refractivity contribution in [1.29, 1.82) is 0 Å². The first-order valence-electron chi connectivity index (χ1n) is 13.2. The van der Waals surface area contributed by atoms with Crippen molar-refractivity contribution in [1.82, 2.24) is 20.2 Å². The zero-order valence-corrected chi connectivity index (χ0v) is 21.3. The molecule has 4 aromatic carbocycles. The first-order chi connectivity index (χ1) is 19.1. The first kappa shape index (κ1) is 23.3. The molecule has 2 aromatic heterocycles. The SMILES string of the molecule is O=C1N[C@@H](c2c(CNCc3ccc4ccn(Cc5ccccc5)c4c3)[nH]c3ccccc23)c2cc(O)ccc21. The van der Waals surface area contributed by atoms with Crippen molar-refractivity contribution in [2.45, 2.75) is 25.7 Å². The van der Waals surface area contributed by atoms with Gasteiger partial charge in [-0.3, -0.25) is 4.79 Å². The second-order valence-corrected chi connectivity index (χ2v) is 10.2. The predicted octanol–water partition coefficient (Wildman–Crippen LogP) is 6.00. The zero-order valence-electron chi connectivity index (χ0n) is 21.3. The predicted molar refractivity (Wildman–Crippen MR) is 154 cm³/mol. The number of fused-ring (bicyclic) bond motifs is 3. The summed E-state index contributed by atoms with van der Waals surface area (Å²) in [5.74, 6) is 0.0353. The van der Waals surface area contributed by atoms with Crippen molar-refractivity contribution in [2.75, 3.05) is 0 Å². The van der Waals surface area contributed by atoms with E-state index in [4.69, 9.17) is 0 Å². The molecule has 1 aliphatic rings. The maximum Gasteiger partial charge on any atom is 0.252 e. The van der Waals surface area contributed by atoms with Gasteiger partial charge in [-0.05, 0) is 58.5 Å². The quantitative estimate of drug-likeness (QED) is 0.212. The van der Waals surface area contributed by atoms with Crippen LogP contribution in [0.3, 0.4) is 0 Å². The summed E-state index contributed by atoms with van der Waals surface area (Å²) in [5, 5.41) is 19.2. The Morgan fingerprint density at radius 3 is 2.59 bits per heavy atom. The fraction of sp³-hybridized carbons (Fsp3) is 0.121. The highest BCUT2D eigenvalue weighted by atomic mass is 16.3. The van der Waals surface area contributed by atoms with E-state index in [1.54, 1.807) is 18.2 Å². The third-order valence-electron chi connectivity index (χ3n) is 7.65. The molecular weight excluding hydrogens is 484 g/mol. The van der Waals surface area contributed by atoms with Gasteiger partial charge in [-0.1, -0.05) is 60.7 Å². The van der Waals surface area contributed by atoms with E-state index in [0.29, 0.717) is 18.7 Å². The van der Waals surface area contributed by atoms with E-state index in [1.807, 2.05) is 18.2 Å². The lowest BCUT2D eigenvalue weighted by Gasteiger charge is -2.15. The van der Waals surface area contributed by atoms with E-state index >= 15 is 0 Å². The number of hydrogen-bond donors (Lipinski definition) is 4. The normalized spacial score (nSPS) is 14.7. The molecule has 0 aliphatic carbocycles. The Kier molecular flexibility index (Phi) is 5.68. The number of carbonyl (C=O) groups excluding carboxylic acids is 1. The highest BCUT2D eigenvalue weighted by Gasteiger charge is 2.33. The molecule has 1 amide bonds. The summed E-state index contributed by atoms with van der Waals surface area (Å²) >= 11 is 0. The summed E-state index contributed by atoms with van der Waals surface area (Å²) in [7, 11) is 0. The van der Waals surface area contributed by atoms with Gasteiger partial charge in [0.05, 0.1) is 6.04 Å². The minimum Gasteiger partial charge on any atom is -0.508 e. The smallest absolute Gasteiger partial charge is 0.252 e. The number of benzene rings is 4. The van der Waals surface area contributed by atoms with Crippen LogP contribution < -0.4 is 10.6 Å². The number of H-pyrrole nitrogens is 1. The molecule has 192 valence electrons. The van der Waals surface area contributed by atoms with Crippen molar-refractivity contribution in [3.8, 4) is 5.75 Å². The largest absolute Gasteiger partial charge is 0.508 e. The van der Waals surface area contributed by atoms with Crippen LogP contribution in [0.25, 0.3) is 21.8 Å². The Balaban J connectivity index is 1.15. The number of amides is 1. The third kappa shape index (κ3) is 4.25. The van der Waals surface area contributed by atoms with Crippen LogP contribution in [-0.4, -0.2) is 20.6 Å². The molecule has 1 atom stereocenters. The van der Waals surface area contributed by atoms with Crippen molar-refractivity contribution < 1.29 is 9.90 Å². The number of aromatic hydroxyl groups is 1. The summed E-state index contributed by atoms with van der Waals surface area (Å²) in [6.07, 6.45) is 2.15. The number of nitrogens with zero attached hydrogens (tertiary/aromatic N) is 1. The Morgan fingerprint density at radius 1 is 0.846 bits per heavy atom. The maximum absolute atomic E-state index is 12.7. The van der Waals surface area contributed by atoms with Gasteiger partial charge >= 0.3 is 0 Å². The number of para-hydroxylation sites is 1. The molecule has 0 radical (unpaired) electrons. The lowest BCUT2D eigenvalue weighted by molar-refractivity contribution is 0.0960. The molecule has 0 spiro atoms. The summed E-state index contributed by atoms with van der Waals surface area (Å²) in [4.78, 5) is 16.3. The number of aromatic nitrogens is 2. The average Bonchev–Trinajstić information content (AvgIpc) is 3.62. The van der Waals surface area contributed by atoms with Crippen LogP contribution in [0.4, 0.5) is 0 Å². The van der Waals surface area contributed by atoms with Gasteiger partial charge in [-0.2, -0.15) is 0 Å². The number of aromatic amines is 1. The minimum absolute atomic E-state index is 0.119. The van der Waals surface area contributed by atoms with Crippen LogP contribution in [0.1, 0.15) is 44.3 Å². The van der Waals surface area contributed by atoms with E-state index in [9.17, 15) is 9.90 Å². The Bertz CT molecular complexity index is 1830. The van der Waals surface area contributed by atoms with Crippen LogP contribution in [0, 0.1) is 0 Å². The fourth-order valence-electron chi connectivity index (χ4n) is 5.79. The Morgan fingerprint density at radius 2 is 1.69 bits per heavy atom. The molecule has 0 saturated carbocycles. The lowest BCUT2D eigenvalue weighted by atomic mass is 9.95. The highest BCUT2D eigenvalue weighted by molar-refractivity contribution is 6.01. The monoisotopic (exact) mass is 512 g/mol. The molecule has 1 aliphatic heterocycles. The Labute approximate surface area is 225 Å². The average molecular weight is 513 g/mol. The number of phenols is 1. The number of nitrogens with one attached hydrogen (secondary N) is 3. The molecular formula is C33H28N4O2. The number of carbonyl (C=O) groups is 1. The van der Waals surface area contributed by atoms with Crippen LogP contribution in [-0.2, 0) is 19.6 Å². The summed E-state index contributed by atoms with van der Waals surface area (Å²) in [6.45, 7) is 2.15. The molecule has 6 heteroatoms. The van der Waals surface area contributed by atoms with Gasteiger partial charge in [0, 0.05) is 59.1 Å². The highest BCUT2D eigenvalue weighted by Crippen LogP contribution is 2.38. The van der Waals surface area contributed by atoms with Crippen molar-refractivity contribution >= 4 is 27.7 Å². The van der Waals surface area contributed by atoms with Gasteiger partial charge in [0.15, 0.2) is 0 Å². The van der Waals surface area contributed by atoms with Crippen LogP contribution in [0.2, 0.25) is 0 Å². The van der Waals surface area contributed by atoms with Crippen LogP contribution in [0.5, 0.6) is 5.75 Å². The molecule has 6 nitrogen and oxygen atoms in total.